The number of nitrogen functional groups attached to an aromatic ring is 1. The van der Waals surface area contributed by atoms with Gasteiger partial charge in [-0.1, -0.05) is 0 Å². The van der Waals surface area contributed by atoms with Crippen LogP contribution in [0.25, 0.3) is 0 Å². The lowest BCUT2D eigenvalue weighted by atomic mass is 10.4. The van der Waals surface area contributed by atoms with Crippen molar-refractivity contribution in [1.82, 2.24) is 9.47 Å². The second kappa shape index (κ2) is 5.75. The molecule has 5 heteroatoms. The van der Waals surface area contributed by atoms with E-state index in [9.17, 15) is 4.79 Å². The number of hydrogen-bond donors (Lipinski definition) is 1. The molecular weight excluding hydrogens is 242 g/mol. The van der Waals surface area contributed by atoms with Gasteiger partial charge in [0, 0.05) is 31.0 Å². The number of rotatable bonds is 5. The van der Waals surface area contributed by atoms with Gasteiger partial charge in [-0.3, -0.25) is 9.69 Å². The predicted molar refractivity (Wildman–Crippen MR) is 74.9 cm³/mol. The maximum absolute atomic E-state index is 11.6. The fourth-order valence-corrected chi connectivity index (χ4v) is 1.92. The van der Waals surface area contributed by atoms with E-state index in [4.69, 9.17) is 10.2 Å². The summed E-state index contributed by atoms with van der Waals surface area (Å²) in [6.45, 7) is 4.02. The van der Waals surface area contributed by atoms with Crippen molar-refractivity contribution >= 4 is 5.69 Å². The van der Waals surface area contributed by atoms with E-state index in [1.165, 1.54) is 6.07 Å². The average molecular weight is 261 g/mol. The fourth-order valence-electron chi connectivity index (χ4n) is 1.92. The van der Waals surface area contributed by atoms with Crippen LogP contribution in [0.15, 0.2) is 39.7 Å². The first-order valence-electron chi connectivity index (χ1n) is 6.24. The predicted octanol–water partition coefficient (Wildman–Crippen LogP) is 1.46. The average Bonchev–Trinajstić information content (AvgIpc) is 2.76. The van der Waals surface area contributed by atoms with Gasteiger partial charge in [-0.15, -0.1) is 0 Å². The minimum absolute atomic E-state index is 0.0311. The van der Waals surface area contributed by atoms with Crippen LogP contribution in [-0.4, -0.2) is 23.1 Å². The standard InChI is InChI=1S/C14H19N3O2/c1-11-3-5-13(19-11)10-16(2)7-8-17-9-12(15)4-6-14(17)18/h3-6,9H,7-8,10,15H2,1-2H3. The van der Waals surface area contributed by atoms with E-state index in [0.29, 0.717) is 12.2 Å². The molecule has 0 aliphatic heterocycles. The maximum atomic E-state index is 11.6. The Morgan fingerprint density at radius 1 is 1.32 bits per heavy atom. The molecule has 5 nitrogen and oxygen atoms in total. The Bertz CT molecular complexity index is 601. The number of pyridine rings is 1. The largest absolute Gasteiger partial charge is 0.465 e. The SMILES string of the molecule is Cc1ccc(CN(C)CCn2cc(N)ccc2=O)o1. The molecule has 0 amide bonds. The quantitative estimate of drug-likeness (QED) is 0.885. The van der Waals surface area contributed by atoms with Gasteiger partial charge < -0.3 is 14.7 Å². The van der Waals surface area contributed by atoms with Gasteiger partial charge in [-0.25, -0.2) is 0 Å². The minimum atomic E-state index is -0.0311. The van der Waals surface area contributed by atoms with Crippen molar-refractivity contribution in [1.29, 1.82) is 0 Å². The zero-order valence-electron chi connectivity index (χ0n) is 11.3. The molecule has 0 spiro atoms. The summed E-state index contributed by atoms with van der Waals surface area (Å²) in [4.78, 5) is 13.7. The third kappa shape index (κ3) is 3.72. The minimum Gasteiger partial charge on any atom is -0.465 e. The lowest BCUT2D eigenvalue weighted by Gasteiger charge is -2.16. The van der Waals surface area contributed by atoms with E-state index in [1.54, 1.807) is 16.8 Å². The van der Waals surface area contributed by atoms with Crippen molar-refractivity contribution in [2.75, 3.05) is 19.3 Å². The van der Waals surface area contributed by atoms with E-state index >= 15 is 0 Å². The van der Waals surface area contributed by atoms with Crippen molar-refractivity contribution in [2.24, 2.45) is 0 Å². The Labute approximate surface area is 112 Å². The van der Waals surface area contributed by atoms with E-state index < -0.39 is 0 Å². The number of nitrogens with two attached hydrogens (primary N) is 1. The molecule has 2 heterocycles. The highest BCUT2D eigenvalue weighted by Crippen LogP contribution is 2.08. The summed E-state index contributed by atoms with van der Waals surface area (Å²) in [6.07, 6.45) is 1.67. The van der Waals surface area contributed by atoms with Crippen molar-refractivity contribution in [3.63, 3.8) is 0 Å². The first kappa shape index (κ1) is 13.4. The molecule has 0 bridgehead atoms. The first-order valence-corrected chi connectivity index (χ1v) is 6.24. The van der Waals surface area contributed by atoms with Crippen molar-refractivity contribution in [3.8, 4) is 0 Å². The van der Waals surface area contributed by atoms with Crippen LogP contribution < -0.4 is 11.3 Å². The van der Waals surface area contributed by atoms with Crippen LogP contribution in [0, 0.1) is 6.92 Å². The number of nitrogens with zero attached hydrogens (tertiary/aromatic N) is 2. The van der Waals surface area contributed by atoms with Crippen LogP contribution in [0.3, 0.4) is 0 Å². The second-order valence-corrected chi connectivity index (χ2v) is 4.74. The molecule has 0 aromatic carbocycles. The Hall–Kier alpha value is -2.01. The second-order valence-electron chi connectivity index (χ2n) is 4.74. The summed E-state index contributed by atoms with van der Waals surface area (Å²) < 4.78 is 7.14. The highest BCUT2D eigenvalue weighted by molar-refractivity contribution is 5.33. The van der Waals surface area contributed by atoms with Gasteiger partial charge in [-0.2, -0.15) is 0 Å². The summed E-state index contributed by atoms with van der Waals surface area (Å²) in [7, 11) is 2.00. The van der Waals surface area contributed by atoms with E-state index in [0.717, 1.165) is 24.6 Å². The molecule has 2 aromatic heterocycles. The topological polar surface area (TPSA) is 64.4 Å². The summed E-state index contributed by atoms with van der Waals surface area (Å²) in [5.74, 6) is 1.84. The van der Waals surface area contributed by atoms with Crippen molar-refractivity contribution in [3.05, 3.63) is 52.3 Å². The number of hydrogen-bond acceptors (Lipinski definition) is 4. The molecule has 2 aromatic rings. The molecule has 0 saturated heterocycles. The third-order valence-corrected chi connectivity index (χ3v) is 2.95. The highest BCUT2D eigenvalue weighted by Gasteiger charge is 2.05. The Kier molecular flexibility index (Phi) is 4.06. The zero-order chi connectivity index (χ0) is 13.8. The van der Waals surface area contributed by atoms with Crippen molar-refractivity contribution in [2.45, 2.75) is 20.0 Å². The molecule has 2 rings (SSSR count). The summed E-state index contributed by atoms with van der Waals surface area (Å²) >= 11 is 0. The van der Waals surface area contributed by atoms with E-state index in [1.807, 2.05) is 26.1 Å². The molecule has 0 aliphatic rings. The lowest BCUT2D eigenvalue weighted by Crippen LogP contribution is -2.27. The number of aryl methyl sites for hydroxylation is 1. The van der Waals surface area contributed by atoms with Gasteiger partial charge >= 0.3 is 0 Å². The molecule has 0 unspecified atom stereocenters. The first-order chi connectivity index (χ1) is 9.04. The summed E-state index contributed by atoms with van der Waals surface area (Å²) in [5.41, 5.74) is 6.24. The van der Waals surface area contributed by atoms with Gasteiger partial charge in [0.25, 0.3) is 5.56 Å². The number of anilines is 1. The van der Waals surface area contributed by atoms with Crippen LogP contribution in [0.1, 0.15) is 11.5 Å². The monoisotopic (exact) mass is 261 g/mol. The van der Waals surface area contributed by atoms with Gasteiger partial charge in [-0.05, 0) is 32.2 Å². The Balaban J connectivity index is 1.91. The van der Waals surface area contributed by atoms with Crippen LogP contribution >= 0.6 is 0 Å². The number of likely N-dealkylation sites (N-methyl/N-ethyl adjacent to an activating group) is 1. The molecule has 0 radical (unpaired) electrons. The Morgan fingerprint density at radius 3 is 2.79 bits per heavy atom. The van der Waals surface area contributed by atoms with Crippen LogP contribution in [-0.2, 0) is 13.1 Å². The molecule has 0 atom stereocenters. The molecule has 0 fully saturated rings. The van der Waals surface area contributed by atoms with Gasteiger partial charge in [0.2, 0.25) is 0 Å². The van der Waals surface area contributed by atoms with E-state index in [2.05, 4.69) is 4.90 Å². The van der Waals surface area contributed by atoms with Crippen molar-refractivity contribution < 1.29 is 4.42 Å². The molecule has 0 saturated carbocycles. The normalized spacial score (nSPS) is 11.1. The van der Waals surface area contributed by atoms with Crippen LogP contribution in [0.5, 0.6) is 0 Å². The van der Waals surface area contributed by atoms with E-state index in [-0.39, 0.29) is 5.56 Å². The third-order valence-electron chi connectivity index (χ3n) is 2.95. The van der Waals surface area contributed by atoms with Crippen LogP contribution in [0.2, 0.25) is 0 Å². The van der Waals surface area contributed by atoms with Gasteiger partial charge in [0.05, 0.1) is 6.54 Å². The molecular formula is C14H19N3O2. The summed E-state index contributed by atoms with van der Waals surface area (Å²) in [6, 6.07) is 7.03. The Morgan fingerprint density at radius 2 is 2.11 bits per heavy atom. The fraction of sp³-hybridized carbons (Fsp3) is 0.357. The number of furan rings is 1. The molecule has 0 aliphatic carbocycles. The van der Waals surface area contributed by atoms with Gasteiger partial charge in [0.15, 0.2) is 0 Å². The lowest BCUT2D eigenvalue weighted by molar-refractivity contribution is 0.280. The molecule has 19 heavy (non-hydrogen) atoms. The molecule has 2 N–H and O–H groups in total. The number of aromatic nitrogens is 1. The van der Waals surface area contributed by atoms with Gasteiger partial charge in [0.1, 0.15) is 11.5 Å². The highest BCUT2D eigenvalue weighted by atomic mass is 16.3. The summed E-state index contributed by atoms with van der Waals surface area (Å²) in [5, 5.41) is 0. The molecule has 102 valence electrons. The maximum Gasteiger partial charge on any atom is 0.250 e. The zero-order valence-corrected chi connectivity index (χ0v) is 11.3. The smallest absolute Gasteiger partial charge is 0.250 e. The van der Waals surface area contributed by atoms with Crippen LogP contribution in [0.4, 0.5) is 5.69 Å².